The standard InChI is InChI=1S/C20H22F3N7/c1-13(2)30-12-25-28-19(30)14-6-9-29(10-7-14)17-11-16(20(21,22)23)26-18(27-17)15-5-3-4-8-24-15/h3-5,8,11-14H,6-7,9-10H2,1-2H3. The minimum atomic E-state index is -4.56. The van der Waals surface area contributed by atoms with E-state index in [1.165, 1.54) is 6.20 Å². The van der Waals surface area contributed by atoms with Crippen molar-refractivity contribution in [1.82, 2.24) is 29.7 Å². The van der Waals surface area contributed by atoms with Gasteiger partial charge in [-0.3, -0.25) is 4.98 Å². The summed E-state index contributed by atoms with van der Waals surface area (Å²) in [6.07, 6.45) is 0.194. The molecule has 0 radical (unpaired) electrons. The first-order chi connectivity index (χ1) is 14.3. The number of hydrogen-bond acceptors (Lipinski definition) is 6. The van der Waals surface area contributed by atoms with Gasteiger partial charge in [0.2, 0.25) is 0 Å². The van der Waals surface area contributed by atoms with E-state index in [2.05, 4.69) is 39.0 Å². The van der Waals surface area contributed by atoms with Gasteiger partial charge in [0.15, 0.2) is 11.5 Å². The molecule has 3 aromatic rings. The summed E-state index contributed by atoms with van der Waals surface area (Å²) in [6.45, 7) is 5.29. The normalized spacial score (nSPS) is 15.7. The lowest BCUT2D eigenvalue weighted by atomic mass is 9.95. The van der Waals surface area contributed by atoms with Crippen molar-refractivity contribution in [2.24, 2.45) is 0 Å². The summed E-state index contributed by atoms with van der Waals surface area (Å²) in [5.74, 6) is 1.38. The van der Waals surface area contributed by atoms with Crippen LogP contribution in [0.5, 0.6) is 0 Å². The van der Waals surface area contributed by atoms with Crippen LogP contribution in [0, 0.1) is 0 Å². The van der Waals surface area contributed by atoms with Crippen LogP contribution >= 0.6 is 0 Å². The molecule has 0 bridgehead atoms. The first kappa shape index (κ1) is 20.2. The predicted octanol–water partition coefficient (Wildman–Crippen LogP) is 4.11. The average Bonchev–Trinajstić information content (AvgIpc) is 3.24. The highest BCUT2D eigenvalue weighted by Gasteiger charge is 2.35. The Balaban J connectivity index is 1.59. The van der Waals surface area contributed by atoms with E-state index >= 15 is 0 Å². The second-order valence-electron chi connectivity index (χ2n) is 7.60. The Hall–Kier alpha value is -3.04. The van der Waals surface area contributed by atoms with Crippen LogP contribution in [-0.2, 0) is 6.18 Å². The molecule has 3 aromatic heterocycles. The lowest BCUT2D eigenvalue weighted by Gasteiger charge is -2.33. The Morgan fingerprint density at radius 2 is 1.87 bits per heavy atom. The number of aromatic nitrogens is 6. The molecule has 0 saturated carbocycles. The molecule has 7 nitrogen and oxygen atoms in total. The molecule has 0 aromatic carbocycles. The van der Waals surface area contributed by atoms with Gasteiger partial charge in [0.1, 0.15) is 23.7 Å². The molecule has 4 rings (SSSR count). The van der Waals surface area contributed by atoms with E-state index in [0.717, 1.165) is 24.7 Å². The van der Waals surface area contributed by atoms with Gasteiger partial charge in [-0.05, 0) is 38.8 Å². The lowest BCUT2D eigenvalue weighted by molar-refractivity contribution is -0.141. The number of hydrogen-bond donors (Lipinski definition) is 0. The zero-order chi connectivity index (χ0) is 21.3. The van der Waals surface area contributed by atoms with Crippen molar-refractivity contribution in [2.45, 2.75) is 44.8 Å². The van der Waals surface area contributed by atoms with Crippen LogP contribution in [0.2, 0.25) is 0 Å². The Labute approximate surface area is 172 Å². The molecule has 1 aliphatic heterocycles. The van der Waals surface area contributed by atoms with Crippen LogP contribution in [-0.4, -0.2) is 42.8 Å². The van der Waals surface area contributed by atoms with Crippen LogP contribution < -0.4 is 4.90 Å². The van der Waals surface area contributed by atoms with Gasteiger partial charge in [0.05, 0.1) is 0 Å². The molecule has 1 fully saturated rings. The molecule has 1 saturated heterocycles. The third-order valence-electron chi connectivity index (χ3n) is 5.24. The number of pyridine rings is 1. The smallest absolute Gasteiger partial charge is 0.356 e. The molecule has 1 aliphatic rings. The summed E-state index contributed by atoms with van der Waals surface area (Å²) in [4.78, 5) is 14.1. The Bertz CT molecular complexity index is 993. The van der Waals surface area contributed by atoms with Gasteiger partial charge in [-0.1, -0.05) is 6.07 Å². The minimum absolute atomic E-state index is 0.0258. The van der Waals surface area contributed by atoms with Crippen molar-refractivity contribution in [3.05, 3.63) is 48.3 Å². The van der Waals surface area contributed by atoms with E-state index in [1.54, 1.807) is 24.5 Å². The van der Waals surface area contributed by atoms with Crippen molar-refractivity contribution in [3.8, 4) is 11.5 Å². The lowest BCUT2D eigenvalue weighted by Crippen LogP contribution is -2.34. The Morgan fingerprint density at radius 1 is 1.10 bits per heavy atom. The first-order valence-corrected chi connectivity index (χ1v) is 9.85. The van der Waals surface area contributed by atoms with Crippen molar-refractivity contribution < 1.29 is 13.2 Å². The maximum Gasteiger partial charge on any atom is 0.433 e. The van der Waals surface area contributed by atoms with E-state index in [0.29, 0.717) is 18.8 Å². The van der Waals surface area contributed by atoms with Crippen LogP contribution in [0.3, 0.4) is 0 Å². The molecule has 0 aliphatic carbocycles. The quantitative estimate of drug-likeness (QED) is 0.636. The third-order valence-corrected chi connectivity index (χ3v) is 5.24. The molecule has 0 atom stereocenters. The topological polar surface area (TPSA) is 72.6 Å². The van der Waals surface area contributed by atoms with Crippen LogP contribution in [0.1, 0.15) is 50.2 Å². The molecular formula is C20H22F3N7. The van der Waals surface area contributed by atoms with Crippen molar-refractivity contribution in [3.63, 3.8) is 0 Å². The zero-order valence-electron chi connectivity index (χ0n) is 16.7. The highest BCUT2D eigenvalue weighted by molar-refractivity contribution is 5.54. The molecule has 0 unspecified atom stereocenters. The minimum Gasteiger partial charge on any atom is -0.356 e. The summed E-state index contributed by atoms with van der Waals surface area (Å²) in [7, 11) is 0. The monoisotopic (exact) mass is 417 g/mol. The van der Waals surface area contributed by atoms with Crippen molar-refractivity contribution in [2.75, 3.05) is 18.0 Å². The van der Waals surface area contributed by atoms with Gasteiger partial charge in [-0.2, -0.15) is 13.2 Å². The second-order valence-corrected chi connectivity index (χ2v) is 7.60. The van der Waals surface area contributed by atoms with Gasteiger partial charge in [-0.15, -0.1) is 10.2 Å². The van der Waals surface area contributed by atoms with Gasteiger partial charge in [0.25, 0.3) is 0 Å². The fourth-order valence-electron chi connectivity index (χ4n) is 3.66. The van der Waals surface area contributed by atoms with E-state index < -0.39 is 11.9 Å². The van der Waals surface area contributed by atoms with Crippen LogP contribution in [0.25, 0.3) is 11.5 Å². The Kier molecular flexibility index (Phi) is 5.40. The first-order valence-electron chi connectivity index (χ1n) is 9.85. The highest BCUT2D eigenvalue weighted by atomic mass is 19.4. The van der Waals surface area contributed by atoms with Gasteiger partial charge in [-0.25, -0.2) is 9.97 Å². The fourth-order valence-corrected chi connectivity index (χ4v) is 3.66. The molecule has 158 valence electrons. The molecular weight excluding hydrogens is 395 g/mol. The second kappa shape index (κ2) is 8.00. The number of halogens is 3. The van der Waals surface area contributed by atoms with E-state index in [-0.39, 0.29) is 23.6 Å². The van der Waals surface area contributed by atoms with E-state index in [9.17, 15) is 13.2 Å². The van der Waals surface area contributed by atoms with E-state index in [1.807, 2.05) is 9.47 Å². The summed E-state index contributed by atoms with van der Waals surface area (Å²) >= 11 is 0. The van der Waals surface area contributed by atoms with E-state index in [4.69, 9.17) is 0 Å². The van der Waals surface area contributed by atoms with Crippen LogP contribution in [0.4, 0.5) is 19.0 Å². The van der Waals surface area contributed by atoms with Gasteiger partial charge < -0.3 is 9.47 Å². The number of anilines is 1. The largest absolute Gasteiger partial charge is 0.433 e. The fraction of sp³-hybridized carbons (Fsp3) is 0.450. The summed E-state index contributed by atoms with van der Waals surface area (Å²) in [6, 6.07) is 6.26. The number of rotatable bonds is 4. The zero-order valence-corrected chi connectivity index (χ0v) is 16.7. The highest BCUT2D eigenvalue weighted by Crippen LogP contribution is 2.34. The molecule has 0 amide bonds. The van der Waals surface area contributed by atoms with Crippen molar-refractivity contribution >= 4 is 5.82 Å². The van der Waals surface area contributed by atoms with Crippen molar-refractivity contribution in [1.29, 1.82) is 0 Å². The summed E-state index contributed by atoms with van der Waals surface area (Å²) in [5, 5.41) is 8.30. The van der Waals surface area contributed by atoms with Gasteiger partial charge in [0, 0.05) is 37.3 Å². The predicted molar refractivity (Wildman–Crippen MR) is 105 cm³/mol. The van der Waals surface area contributed by atoms with Crippen LogP contribution in [0.15, 0.2) is 36.8 Å². The average molecular weight is 417 g/mol. The summed E-state index contributed by atoms with van der Waals surface area (Å²) in [5.41, 5.74) is -0.653. The molecule has 30 heavy (non-hydrogen) atoms. The molecule has 4 heterocycles. The summed E-state index contributed by atoms with van der Waals surface area (Å²) < 4.78 is 42.4. The van der Waals surface area contributed by atoms with Gasteiger partial charge >= 0.3 is 6.18 Å². The SMILES string of the molecule is CC(C)n1cnnc1C1CCN(c2cc(C(F)(F)F)nc(-c3ccccn3)n2)CC1. The Morgan fingerprint density at radius 3 is 2.50 bits per heavy atom. The molecule has 10 heteroatoms. The number of piperidine rings is 1. The maximum atomic E-state index is 13.5. The molecule has 0 spiro atoms. The number of alkyl halides is 3. The number of nitrogens with zero attached hydrogens (tertiary/aromatic N) is 7. The molecule has 0 N–H and O–H groups in total. The third kappa shape index (κ3) is 4.12. The maximum absolute atomic E-state index is 13.5.